The zero-order valence-corrected chi connectivity index (χ0v) is 12.3. The van der Waals surface area contributed by atoms with E-state index in [0.717, 1.165) is 11.3 Å². The number of hydrogen-bond donors (Lipinski definition) is 3. The molecular weight excluding hydrogens is 266 g/mol. The monoisotopic (exact) mass is 285 g/mol. The van der Waals surface area contributed by atoms with E-state index in [0.29, 0.717) is 17.1 Å². The van der Waals surface area contributed by atoms with Crippen LogP contribution in [-0.2, 0) is 0 Å². The number of nitrogen functional groups attached to an aromatic ring is 1. The van der Waals surface area contributed by atoms with E-state index >= 15 is 0 Å². The van der Waals surface area contributed by atoms with Gasteiger partial charge in [-0.15, -0.1) is 0 Å². The number of carbonyl (C=O) groups excluding carboxylic acids is 1. The Hall–Kier alpha value is -2.47. The molecule has 0 aliphatic rings. The number of hydrogen-bond acceptors (Lipinski definition) is 5. The average Bonchev–Trinajstić information content (AvgIpc) is 2.49. The maximum absolute atomic E-state index is 12.4. The van der Waals surface area contributed by atoms with Crippen LogP contribution in [0.2, 0.25) is 0 Å². The SMILES string of the molecule is Cc1ccncc1NC(=O)c1cc(NN)nc(C(C)C)c1. The van der Waals surface area contributed by atoms with Crippen molar-refractivity contribution in [3.63, 3.8) is 0 Å². The van der Waals surface area contributed by atoms with Crippen LogP contribution in [-0.4, -0.2) is 15.9 Å². The van der Waals surface area contributed by atoms with E-state index in [1.165, 1.54) is 0 Å². The number of carbonyl (C=O) groups is 1. The Kier molecular flexibility index (Phi) is 4.49. The Morgan fingerprint density at radius 3 is 2.71 bits per heavy atom. The summed E-state index contributed by atoms with van der Waals surface area (Å²) in [7, 11) is 0. The van der Waals surface area contributed by atoms with Gasteiger partial charge in [-0.2, -0.15) is 0 Å². The van der Waals surface area contributed by atoms with Gasteiger partial charge in [-0.05, 0) is 36.6 Å². The summed E-state index contributed by atoms with van der Waals surface area (Å²) in [5.41, 5.74) is 5.44. The molecule has 0 bridgehead atoms. The van der Waals surface area contributed by atoms with E-state index in [1.807, 2.05) is 26.8 Å². The molecule has 0 aliphatic heterocycles. The maximum Gasteiger partial charge on any atom is 0.255 e. The minimum absolute atomic E-state index is 0.199. The van der Waals surface area contributed by atoms with Crippen LogP contribution in [0.4, 0.5) is 11.5 Å². The van der Waals surface area contributed by atoms with Gasteiger partial charge >= 0.3 is 0 Å². The first-order chi connectivity index (χ1) is 10.0. The molecule has 0 saturated carbocycles. The molecule has 0 atom stereocenters. The lowest BCUT2D eigenvalue weighted by Gasteiger charge is -2.12. The molecule has 21 heavy (non-hydrogen) atoms. The first-order valence-corrected chi connectivity index (χ1v) is 6.72. The molecule has 0 unspecified atom stereocenters. The van der Waals surface area contributed by atoms with Crippen LogP contribution in [0.1, 0.15) is 41.4 Å². The molecule has 6 nitrogen and oxygen atoms in total. The van der Waals surface area contributed by atoms with Crippen LogP contribution in [0.3, 0.4) is 0 Å². The van der Waals surface area contributed by atoms with Crippen molar-refractivity contribution in [2.75, 3.05) is 10.7 Å². The number of anilines is 2. The first kappa shape index (κ1) is 14.9. The second kappa shape index (κ2) is 6.32. The standard InChI is InChI=1S/C15H19N5O/c1-9(2)12-6-11(7-14(18-12)20-16)15(21)19-13-8-17-5-4-10(13)3/h4-9H,16H2,1-3H3,(H,18,20)(H,19,21). The largest absolute Gasteiger partial charge is 0.320 e. The van der Waals surface area contributed by atoms with E-state index in [4.69, 9.17) is 5.84 Å². The van der Waals surface area contributed by atoms with Crippen LogP contribution in [0.25, 0.3) is 0 Å². The number of aromatic nitrogens is 2. The summed E-state index contributed by atoms with van der Waals surface area (Å²) >= 11 is 0. The fraction of sp³-hybridized carbons (Fsp3) is 0.267. The number of nitrogens with zero attached hydrogens (tertiary/aromatic N) is 2. The Morgan fingerprint density at radius 2 is 2.10 bits per heavy atom. The summed E-state index contributed by atoms with van der Waals surface area (Å²) in [6.07, 6.45) is 3.31. The Morgan fingerprint density at radius 1 is 1.33 bits per heavy atom. The number of amides is 1. The van der Waals surface area contributed by atoms with E-state index < -0.39 is 0 Å². The second-order valence-corrected chi connectivity index (χ2v) is 5.11. The van der Waals surface area contributed by atoms with Crippen molar-refractivity contribution < 1.29 is 4.79 Å². The number of rotatable bonds is 4. The lowest BCUT2D eigenvalue weighted by atomic mass is 10.1. The van der Waals surface area contributed by atoms with Crippen molar-refractivity contribution in [1.82, 2.24) is 9.97 Å². The van der Waals surface area contributed by atoms with Gasteiger partial charge in [0.05, 0.1) is 11.9 Å². The van der Waals surface area contributed by atoms with Crippen LogP contribution in [0.5, 0.6) is 0 Å². The highest BCUT2D eigenvalue weighted by molar-refractivity contribution is 6.05. The zero-order chi connectivity index (χ0) is 15.4. The van der Waals surface area contributed by atoms with Gasteiger partial charge in [-0.25, -0.2) is 10.8 Å². The summed E-state index contributed by atoms with van der Waals surface area (Å²) in [6.45, 7) is 5.93. The summed E-state index contributed by atoms with van der Waals surface area (Å²) in [5.74, 6) is 5.86. The van der Waals surface area contributed by atoms with Gasteiger partial charge in [0.1, 0.15) is 5.82 Å². The van der Waals surface area contributed by atoms with E-state index in [-0.39, 0.29) is 11.8 Å². The molecule has 0 aliphatic carbocycles. The van der Waals surface area contributed by atoms with Gasteiger partial charge in [0, 0.05) is 17.5 Å². The van der Waals surface area contributed by atoms with Crippen molar-refractivity contribution in [3.05, 3.63) is 47.4 Å². The quantitative estimate of drug-likeness (QED) is 0.592. The second-order valence-electron chi connectivity index (χ2n) is 5.11. The molecule has 0 fully saturated rings. The molecule has 0 radical (unpaired) electrons. The fourth-order valence-electron chi connectivity index (χ4n) is 1.84. The Bertz CT molecular complexity index is 654. The molecule has 6 heteroatoms. The summed E-state index contributed by atoms with van der Waals surface area (Å²) < 4.78 is 0. The van der Waals surface area contributed by atoms with Crippen molar-refractivity contribution in [2.45, 2.75) is 26.7 Å². The predicted molar refractivity (Wildman–Crippen MR) is 83.1 cm³/mol. The van der Waals surface area contributed by atoms with Crippen molar-refractivity contribution >= 4 is 17.4 Å². The highest BCUT2D eigenvalue weighted by Gasteiger charge is 2.12. The number of aryl methyl sites for hydroxylation is 1. The Labute approximate surface area is 123 Å². The molecular formula is C15H19N5O. The first-order valence-electron chi connectivity index (χ1n) is 6.72. The highest BCUT2D eigenvalue weighted by atomic mass is 16.1. The average molecular weight is 285 g/mol. The zero-order valence-electron chi connectivity index (χ0n) is 12.3. The molecule has 1 amide bonds. The number of nitrogens with two attached hydrogens (primary N) is 1. The molecule has 0 aromatic carbocycles. The minimum atomic E-state index is -0.216. The molecule has 2 aromatic rings. The molecule has 2 rings (SSSR count). The topological polar surface area (TPSA) is 92.9 Å². The Balaban J connectivity index is 2.30. The van der Waals surface area contributed by atoms with E-state index in [9.17, 15) is 4.79 Å². The highest BCUT2D eigenvalue weighted by Crippen LogP contribution is 2.19. The third-order valence-electron chi connectivity index (χ3n) is 3.13. The lowest BCUT2D eigenvalue weighted by Crippen LogP contribution is -2.16. The van der Waals surface area contributed by atoms with Gasteiger partial charge in [0.2, 0.25) is 0 Å². The van der Waals surface area contributed by atoms with Crippen LogP contribution < -0.4 is 16.6 Å². The fourth-order valence-corrected chi connectivity index (χ4v) is 1.84. The van der Waals surface area contributed by atoms with Gasteiger partial charge in [0.25, 0.3) is 5.91 Å². The molecule has 2 aromatic heterocycles. The lowest BCUT2D eigenvalue weighted by molar-refractivity contribution is 0.102. The van der Waals surface area contributed by atoms with Crippen molar-refractivity contribution in [3.8, 4) is 0 Å². The van der Waals surface area contributed by atoms with Crippen LogP contribution >= 0.6 is 0 Å². The number of nitrogens with one attached hydrogen (secondary N) is 2. The third kappa shape index (κ3) is 3.55. The molecule has 4 N–H and O–H groups in total. The maximum atomic E-state index is 12.4. The summed E-state index contributed by atoms with van der Waals surface area (Å²) in [4.78, 5) is 20.7. The number of pyridine rings is 2. The molecule has 2 heterocycles. The minimum Gasteiger partial charge on any atom is -0.320 e. The van der Waals surface area contributed by atoms with Gasteiger partial charge in [0.15, 0.2) is 0 Å². The van der Waals surface area contributed by atoms with Crippen molar-refractivity contribution in [2.24, 2.45) is 5.84 Å². The van der Waals surface area contributed by atoms with Gasteiger partial charge in [-0.3, -0.25) is 9.78 Å². The van der Waals surface area contributed by atoms with Gasteiger partial charge in [-0.1, -0.05) is 13.8 Å². The van der Waals surface area contributed by atoms with E-state index in [1.54, 1.807) is 24.5 Å². The van der Waals surface area contributed by atoms with Crippen molar-refractivity contribution in [1.29, 1.82) is 0 Å². The normalized spacial score (nSPS) is 10.5. The van der Waals surface area contributed by atoms with Crippen LogP contribution in [0, 0.1) is 6.92 Å². The number of hydrazine groups is 1. The summed E-state index contributed by atoms with van der Waals surface area (Å²) in [6, 6.07) is 5.23. The smallest absolute Gasteiger partial charge is 0.255 e. The molecule has 0 saturated heterocycles. The van der Waals surface area contributed by atoms with Crippen LogP contribution in [0.15, 0.2) is 30.6 Å². The van der Waals surface area contributed by atoms with Gasteiger partial charge < -0.3 is 10.7 Å². The predicted octanol–water partition coefficient (Wildman–Crippen LogP) is 2.45. The summed E-state index contributed by atoms with van der Waals surface area (Å²) in [5, 5.41) is 2.85. The molecule has 110 valence electrons. The molecule has 0 spiro atoms. The third-order valence-corrected chi connectivity index (χ3v) is 3.13. The van der Waals surface area contributed by atoms with E-state index in [2.05, 4.69) is 20.7 Å².